The van der Waals surface area contributed by atoms with Crippen LogP contribution in [-0.4, -0.2) is 38.6 Å². The molecule has 0 saturated heterocycles. The molecule has 2 aromatic heterocycles. The van der Waals surface area contributed by atoms with Gasteiger partial charge in [-0.3, -0.25) is 4.79 Å². The summed E-state index contributed by atoms with van der Waals surface area (Å²) in [6.45, 7) is 1.83. The van der Waals surface area contributed by atoms with Crippen molar-refractivity contribution in [3.05, 3.63) is 58.9 Å². The van der Waals surface area contributed by atoms with Crippen LogP contribution < -0.4 is 5.32 Å². The van der Waals surface area contributed by atoms with Gasteiger partial charge in [-0.15, -0.1) is 0 Å². The van der Waals surface area contributed by atoms with E-state index in [1.165, 1.54) is 30.1 Å². The summed E-state index contributed by atoms with van der Waals surface area (Å²) in [4.78, 5) is 32.1. The zero-order chi connectivity index (χ0) is 18.0. The molecule has 0 aliphatic heterocycles. The Labute approximate surface area is 141 Å². The number of carbonyl (C=O) groups excluding carboxylic acids is 2. The number of amides is 1. The maximum atomic E-state index is 13.3. The van der Waals surface area contributed by atoms with E-state index in [0.29, 0.717) is 5.56 Å². The Morgan fingerprint density at radius 3 is 2.84 bits per heavy atom. The van der Waals surface area contributed by atoms with Crippen molar-refractivity contribution >= 4 is 17.7 Å². The maximum absolute atomic E-state index is 13.3. The number of methoxy groups -OCH3 is 1. The summed E-state index contributed by atoms with van der Waals surface area (Å²) >= 11 is 0. The van der Waals surface area contributed by atoms with Gasteiger partial charge in [-0.2, -0.15) is 14.6 Å². The number of aromatic nitrogens is 4. The van der Waals surface area contributed by atoms with Crippen LogP contribution in [0.25, 0.3) is 5.78 Å². The third-order valence-corrected chi connectivity index (χ3v) is 3.55. The fourth-order valence-corrected chi connectivity index (χ4v) is 2.27. The largest absolute Gasteiger partial charge is 0.464 e. The van der Waals surface area contributed by atoms with Gasteiger partial charge in [0.15, 0.2) is 5.69 Å². The molecule has 0 bridgehead atoms. The average Bonchev–Trinajstić information content (AvgIpc) is 3.09. The highest BCUT2D eigenvalue weighted by molar-refractivity contribution is 5.96. The highest BCUT2D eigenvalue weighted by atomic mass is 19.1. The lowest BCUT2D eigenvalue weighted by Crippen LogP contribution is -2.26. The molecule has 0 saturated carbocycles. The number of halogens is 1. The van der Waals surface area contributed by atoms with E-state index < -0.39 is 11.9 Å². The Kier molecular flexibility index (Phi) is 4.38. The van der Waals surface area contributed by atoms with Gasteiger partial charge in [0.05, 0.1) is 7.11 Å². The maximum Gasteiger partial charge on any atom is 0.356 e. The number of nitrogens with one attached hydrogen (secondary N) is 1. The van der Waals surface area contributed by atoms with Gasteiger partial charge in [0.25, 0.3) is 11.7 Å². The molecule has 8 nitrogen and oxygen atoms in total. The van der Waals surface area contributed by atoms with Gasteiger partial charge in [0, 0.05) is 12.6 Å². The van der Waals surface area contributed by atoms with Crippen molar-refractivity contribution in [1.29, 1.82) is 0 Å². The Balaban J connectivity index is 1.87. The van der Waals surface area contributed by atoms with Crippen LogP contribution in [0.2, 0.25) is 0 Å². The zero-order valence-corrected chi connectivity index (χ0v) is 13.5. The van der Waals surface area contributed by atoms with Crippen LogP contribution in [0, 0.1) is 12.7 Å². The summed E-state index contributed by atoms with van der Waals surface area (Å²) in [6.07, 6.45) is 1.23. The Morgan fingerprint density at radius 2 is 2.12 bits per heavy atom. The quantitative estimate of drug-likeness (QED) is 0.717. The van der Waals surface area contributed by atoms with Crippen LogP contribution >= 0.6 is 0 Å². The van der Waals surface area contributed by atoms with Crippen molar-refractivity contribution < 1.29 is 18.7 Å². The molecule has 2 heterocycles. The normalized spacial score (nSPS) is 10.7. The van der Waals surface area contributed by atoms with Crippen molar-refractivity contribution in [3.63, 3.8) is 0 Å². The van der Waals surface area contributed by atoms with Crippen molar-refractivity contribution in [1.82, 2.24) is 24.9 Å². The standard InChI is InChI=1S/C16H14FN5O3/c1-9-5-10(3-4-11(9)17)7-18-14(23)13-6-12(15(24)25-2)21-16-19-8-20-22(13)16/h3-6,8H,7H2,1-2H3,(H,18,23). The molecule has 1 N–H and O–H groups in total. The number of aryl methyl sites for hydroxylation is 1. The van der Waals surface area contributed by atoms with Gasteiger partial charge >= 0.3 is 5.97 Å². The monoisotopic (exact) mass is 343 g/mol. The van der Waals surface area contributed by atoms with E-state index in [9.17, 15) is 14.0 Å². The predicted molar refractivity (Wildman–Crippen MR) is 84.4 cm³/mol. The molecule has 25 heavy (non-hydrogen) atoms. The molecule has 0 spiro atoms. The second-order valence-corrected chi connectivity index (χ2v) is 5.26. The molecule has 128 valence electrons. The minimum absolute atomic E-state index is 0.0502. The Hall–Kier alpha value is -3.36. The first-order chi connectivity index (χ1) is 12.0. The molecule has 0 aliphatic carbocycles. The van der Waals surface area contributed by atoms with Crippen LogP contribution in [-0.2, 0) is 11.3 Å². The zero-order valence-electron chi connectivity index (χ0n) is 13.5. The van der Waals surface area contributed by atoms with Gasteiger partial charge in [0.1, 0.15) is 17.8 Å². The first-order valence-electron chi connectivity index (χ1n) is 7.32. The smallest absolute Gasteiger partial charge is 0.356 e. The van der Waals surface area contributed by atoms with Crippen molar-refractivity contribution in [2.45, 2.75) is 13.5 Å². The molecule has 1 aromatic carbocycles. The van der Waals surface area contributed by atoms with Crippen molar-refractivity contribution in [3.8, 4) is 0 Å². The summed E-state index contributed by atoms with van der Waals surface area (Å²) in [5.41, 5.74) is 1.26. The number of benzene rings is 1. The number of esters is 1. The third-order valence-electron chi connectivity index (χ3n) is 3.55. The van der Waals surface area contributed by atoms with E-state index in [-0.39, 0.29) is 29.5 Å². The van der Waals surface area contributed by atoms with E-state index in [4.69, 9.17) is 0 Å². The number of hydrogen-bond acceptors (Lipinski definition) is 6. The van der Waals surface area contributed by atoms with Crippen LogP contribution in [0.4, 0.5) is 4.39 Å². The van der Waals surface area contributed by atoms with Crippen LogP contribution in [0.3, 0.4) is 0 Å². The SMILES string of the molecule is COC(=O)c1cc(C(=O)NCc2ccc(F)c(C)c2)n2ncnc2n1. The van der Waals surface area contributed by atoms with Gasteiger partial charge in [-0.1, -0.05) is 12.1 Å². The minimum atomic E-state index is -0.686. The predicted octanol–water partition coefficient (Wildman–Crippen LogP) is 1.29. The molecular weight excluding hydrogens is 329 g/mol. The van der Waals surface area contributed by atoms with Crippen molar-refractivity contribution in [2.24, 2.45) is 0 Å². The number of hydrogen-bond donors (Lipinski definition) is 1. The number of carbonyl (C=O) groups is 2. The molecular formula is C16H14FN5O3. The highest BCUT2D eigenvalue weighted by Gasteiger charge is 2.18. The fourth-order valence-electron chi connectivity index (χ4n) is 2.27. The van der Waals surface area contributed by atoms with Crippen LogP contribution in [0.15, 0.2) is 30.6 Å². The summed E-state index contributed by atoms with van der Waals surface area (Å²) < 4.78 is 19.1. The lowest BCUT2D eigenvalue weighted by molar-refractivity contribution is 0.0594. The third kappa shape index (κ3) is 3.30. The van der Waals surface area contributed by atoms with Gasteiger partial charge in [-0.25, -0.2) is 14.2 Å². The van der Waals surface area contributed by atoms with Gasteiger partial charge in [0.2, 0.25) is 0 Å². The molecule has 1 amide bonds. The average molecular weight is 343 g/mol. The molecule has 3 rings (SSSR count). The number of nitrogens with zero attached hydrogens (tertiary/aromatic N) is 4. The summed E-state index contributed by atoms with van der Waals surface area (Å²) in [5, 5.41) is 6.63. The lowest BCUT2D eigenvalue weighted by atomic mass is 10.1. The Morgan fingerprint density at radius 1 is 1.32 bits per heavy atom. The van der Waals surface area contributed by atoms with Crippen molar-refractivity contribution in [2.75, 3.05) is 7.11 Å². The number of rotatable bonds is 4. The molecule has 9 heteroatoms. The fraction of sp³-hybridized carbons (Fsp3) is 0.188. The first kappa shape index (κ1) is 16.5. The van der Waals surface area contributed by atoms with Gasteiger partial charge < -0.3 is 10.1 Å². The van der Waals surface area contributed by atoms with E-state index >= 15 is 0 Å². The molecule has 3 aromatic rings. The highest BCUT2D eigenvalue weighted by Crippen LogP contribution is 2.10. The molecule has 0 fully saturated rings. The van der Waals surface area contributed by atoms with Gasteiger partial charge in [-0.05, 0) is 24.1 Å². The molecule has 0 atom stereocenters. The minimum Gasteiger partial charge on any atom is -0.464 e. The number of ether oxygens (including phenoxy) is 1. The molecule has 0 radical (unpaired) electrons. The summed E-state index contributed by atoms with van der Waals surface area (Å²) in [7, 11) is 1.22. The second-order valence-electron chi connectivity index (χ2n) is 5.26. The van der Waals surface area contributed by atoms with E-state index in [2.05, 4.69) is 25.1 Å². The topological polar surface area (TPSA) is 98.5 Å². The Bertz CT molecular complexity index is 970. The molecule has 0 unspecified atom stereocenters. The number of fused-ring (bicyclic) bond motifs is 1. The molecule has 0 aliphatic rings. The van der Waals surface area contributed by atoms with Crippen LogP contribution in [0.5, 0.6) is 0 Å². The second kappa shape index (κ2) is 6.63. The summed E-state index contributed by atoms with van der Waals surface area (Å²) in [5.74, 6) is -1.37. The van der Waals surface area contributed by atoms with E-state index in [0.717, 1.165) is 5.56 Å². The van der Waals surface area contributed by atoms with E-state index in [1.807, 2.05) is 0 Å². The van der Waals surface area contributed by atoms with E-state index in [1.54, 1.807) is 19.1 Å². The van der Waals surface area contributed by atoms with Crippen LogP contribution in [0.1, 0.15) is 32.1 Å². The lowest BCUT2D eigenvalue weighted by Gasteiger charge is -2.08. The first-order valence-corrected chi connectivity index (χ1v) is 7.32. The summed E-state index contributed by atoms with van der Waals surface area (Å²) in [6, 6.07) is 5.85.